The molecule has 0 aliphatic rings. The summed E-state index contributed by atoms with van der Waals surface area (Å²) in [6.07, 6.45) is 0. The second kappa shape index (κ2) is 6.16. The van der Waals surface area contributed by atoms with Crippen LogP contribution in [0.2, 0.25) is 0 Å². The highest BCUT2D eigenvalue weighted by Crippen LogP contribution is 2.27. The molecule has 9 heteroatoms. The monoisotopic (exact) mass is 391 g/mol. The molecule has 0 saturated heterocycles. The van der Waals surface area contributed by atoms with Gasteiger partial charge in [0, 0.05) is 17.7 Å². The van der Waals surface area contributed by atoms with E-state index in [1.165, 1.54) is 12.1 Å². The van der Waals surface area contributed by atoms with E-state index in [-0.39, 0.29) is 11.7 Å². The van der Waals surface area contributed by atoms with Crippen molar-refractivity contribution < 1.29 is 9.45 Å². The molecule has 0 amide bonds. The van der Waals surface area contributed by atoms with E-state index in [2.05, 4.69) is 31.2 Å². The van der Waals surface area contributed by atoms with Gasteiger partial charge < -0.3 is 4.52 Å². The van der Waals surface area contributed by atoms with Crippen molar-refractivity contribution in [1.29, 1.82) is 0 Å². The van der Waals surface area contributed by atoms with Gasteiger partial charge in [-0.1, -0.05) is 5.16 Å². The molecule has 2 aromatic heterocycles. The van der Waals surface area contributed by atoms with Crippen LogP contribution in [0.25, 0.3) is 11.4 Å². The lowest BCUT2D eigenvalue weighted by Gasteiger charge is -2.09. The molecule has 0 fully saturated rings. The first-order chi connectivity index (χ1) is 11.4. The van der Waals surface area contributed by atoms with E-state index >= 15 is 0 Å². The fourth-order valence-corrected chi connectivity index (χ4v) is 2.64. The Morgan fingerprint density at radius 2 is 1.96 bits per heavy atom. The summed E-state index contributed by atoms with van der Waals surface area (Å²) in [6.45, 7) is 5.78. The van der Waals surface area contributed by atoms with Gasteiger partial charge in [-0.2, -0.15) is 10.1 Å². The van der Waals surface area contributed by atoms with Crippen LogP contribution in [-0.4, -0.2) is 24.8 Å². The van der Waals surface area contributed by atoms with Gasteiger partial charge in [0.25, 0.3) is 11.6 Å². The minimum absolute atomic E-state index is 0.0170. The third kappa shape index (κ3) is 2.82. The largest absolute Gasteiger partial charge is 0.337 e. The Bertz CT molecular complexity index is 900. The summed E-state index contributed by atoms with van der Waals surface area (Å²) in [6, 6.07) is 5.78. The van der Waals surface area contributed by atoms with Crippen molar-refractivity contribution in [2.24, 2.45) is 0 Å². The van der Waals surface area contributed by atoms with Crippen LogP contribution in [0.3, 0.4) is 0 Å². The van der Waals surface area contributed by atoms with Crippen LogP contribution in [0.5, 0.6) is 0 Å². The highest BCUT2D eigenvalue weighted by molar-refractivity contribution is 9.10. The lowest BCUT2D eigenvalue weighted by atomic mass is 10.2. The first-order valence-electron chi connectivity index (χ1n) is 7.18. The third-order valence-corrected chi connectivity index (χ3v) is 4.89. The van der Waals surface area contributed by atoms with Gasteiger partial charge in [-0.05, 0) is 48.8 Å². The summed E-state index contributed by atoms with van der Waals surface area (Å²) in [5.41, 5.74) is 2.52. The normalized spacial score (nSPS) is 12.3. The van der Waals surface area contributed by atoms with Crippen molar-refractivity contribution >= 4 is 21.6 Å². The Balaban J connectivity index is 1.89. The van der Waals surface area contributed by atoms with E-state index in [0.29, 0.717) is 17.3 Å². The summed E-state index contributed by atoms with van der Waals surface area (Å²) in [4.78, 5) is 14.6. The van der Waals surface area contributed by atoms with Gasteiger partial charge >= 0.3 is 0 Å². The molecule has 24 heavy (non-hydrogen) atoms. The number of halogens is 1. The van der Waals surface area contributed by atoms with Crippen molar-refractivity contribution in [3.05, 3.63) is 56.1 Å². The number of non-ortho nitro benzene ring substituents is 1. The van der Waals surface area contributed by atoms with Gasteiger partial charge in [0.2, 0.25) is 5.82 Å². The summed E-state index contributed by atoms with van der Waals surface area (Å²) in [5, 5.41) is 19.1. The van der Waals surface area contributed by atoms with Crippen molar-refractivity contribution in [2.45, 2.75) is 26.8 Å². The lowest BCUT2D eigenvalue weighted by molar-refractivity contribution is -0.384. The van der Waals surface area contributed by atoms with Crippen LogP contribution in [0.1, 0.15) is 30.2 Å². The number of nitro benzene ring substituents is 1. The Morgan fingerprint density at radius 1 is 1.29 bits per heavy atom. The first kappa shape index (κ1) is 16.3. The fourth-order valence-electron chi connectivity index (χ4n) is 2.38. The molecule has 1 aromatic carbocycles. The quantitative estimate of drug-likeness (QED) is 0.494. The van der Waals surface area contributed by atoms with E-state index in [4.69, 9.17) is 4.52 Å². The molecule has 0 bridgehead atoms. The number of aromatic nitrogens is 4. The molecular weight excluding hydrogens is 378 g/mol. The molecule has 3 rings (SSSR count). The molecule has 2 heterocycles. The molecule has 0 radical (unpaired) electrons. The minimum atomic E-state index is -0.450. The van der Waals surface area contributed by atoms with Gasteiger partial charge in [-0.25, -0.2) is 0 Å². The molecule has 0 aliphatic carbocycles. The number of nitrogens with zero attached hydrogens (tertiary/aromatic N) is 5. The van der Waals surface area contributed by atoms with Crippen molar-refractivity contribution in [3.63, 3.8) is 0 Å². The van der Waals surface area contributed by atoms with Crippen LogP contribution in [-0.2, 0) is 0 Å². The molecule has 0 aliphatic heterocycles. The Hall–Kier alpha value is -2.55. The van der Waals surface area contributed by atoms with Gasteiger partial charge in [0.05, 0.1) is 20.8 Å². The molecule has 124 valence electrons. The lowest BCUT2D eigenvalue weighted by Crippen LogP contribution is -2.10. The summed E-state index contributed by atoms with van der Waals surface area (Å²) in [5.74, 6) is 0.800. The number of benzene rings is 1. The SMILES string of the molecule is Cc1nn(C(C)c2nc(-c3ccc([N+](=O)[O-])cc3)no2)c(C)c1Br. The summed E-state index contributed by atoms with van der Waals surface area (Å²) in [7, 11) is 0. The predicted molar refractivity (Wildman–Crippen MR) is 89.6 cm³/mol. The van der Waals surface area contributed by atoms with Crippen LogP contribution in [0, 0.1) is 24.0 Å². The van der Waals surface area contributed by atoms with E-state index in [9.17, 15) is 10.1 Å². The van der Waals surface area contributed by atoms with Crippen molar-refractivity contribution in [2.75, 3.05) is 0 Å². The second-order valence-corrected chi connectivity index (χ2v) is 6.16. The number of hydrogen-bond donors (Lipinski definition) is 0. The van der Waals surface area contributed by atoms with Crippen LogP contribution in [0.4, 0.5) is 5.69 Å². The molecular formula is C15H14BrN5O3. The average molecular weight is 392 g/mol. The van der Waals surface area contributed by atoms with Crippen molar-refractivity contribution in [1.82, 2.24) is 19.9 Å². The average Bonchev–Trinajstić information content (AvgIpc) is 3.16. The highest BCUT2D eigenvalue weighted by atomic mass is 79.9. The molecule has 0 saturated carbocycles. The van der Waals surface area contributed by atoms with Crippen LogP contribution in [0.15, 0.2) is 33.3 Å². The van der Waals surface area contributed by atoms with Gasteiger partial charge in [0.15, 0.2) is 0 Å². The summed E-state index contributed by atoms with van der Waals surface area (Å²) < 4.78 is 8.11. The molecule has 0 N–H and O–H groups in total. The van der Waals surface area contributed by atoms with Crippen LogP contribution >= 0.6 is 15.9 Å². The topological polar surface area (TPSA) is 99.9 Å². The zero-order valence-corrected chi connectivity index (χ0v) is 14.8. The van der Waals surface area contributed by atoms with Gasteiger partial charge in [-0.15, -0.1) is 0 Å². The number of hydrogen-bond acceptors (Lipinski definition) is 6. The Labute approximate surface area is 145 Å². The minimum Gasteiger partial charge on any atom is -0.337 e. The third-order valence-electron chi connectivity index (χ3n) is 3.74. The highest BCUT2D eigenvalue weighted by Gasteiger charge is 2.21. The standard InChI is InChI=1S/C15H14BrN5O3/c1-8-13(16)9(2)20(18-8)10(3)15-17-14(19-24-15)11-4-6-12(7-5-11)21(22)23/h4-7,10H,1-3H3. The van der Waals surface area contributed by atoms with E-state index in [1.54, 1.807) is 12.1 Å². The predicted octanol–water partition coefficient (Wildman–Crippen LogP) is 3.83. The molecule has 0 spiro atoms. The van der Waals surface area contributed by atoms with Gasteiger partial charge in [0.1, 0.15) is 6.04 Å². The Morgan fingerprint density at radius 3 is 2.50 bits per heavy atom. The number of rotatable bonds is 4. The van der Waals surface area contributed by atoms with E-state index in [1.807, 2.05) is 25.5 Å². The maximum absolute atomic E-state index is 10.7. The van der Waals surface area contributed by atoms with Crippen LogP contribution < -0.4 is 0 Å². The van der Waals surface area contributed by atoms with Gasteiger partial charge in [-0.3, -0.25) is 14.8 Å². The fraction of sp³-hybridized carbons (Fsp3) is 0.267. The van der Waals surface area contributed by atoms with E-state index < -0.39 is 4.92 Å². The smallest absolute Gasteiger partial charge is 0.269 e. The summed E-state index contributed by atoms with van der Waals surface area (Å²) >= 11 is 3.50. The second-order valence-electron chi connectivity index (χ2n) is 5.37. The maximum atomic E-state index is 10.7. The number of aryl methyl sites for hydroxylation is 1. The molecule has 8 nitrogen and oxygen atoms in total. The van der Waals surface area contributed by atoms with Crippen molar-refractivity contribution in [3.8, 4) is 11.4 Å². The molecule has 1 unspecified atom stereocenters. The first-order valence-corrected chi connectivity index (χ1v) is 7.97. The number of nitro groups is 1. The maximum Gasteiger partial charge on any atom is 0.269 e. The molecule has 3 aromatic rings. The van der Waals surface area contributed by atoms with E-state index in [0.717, 1.165) is 15.9 Å². The zero-order valence-electron chi connectivity index (χ0n) is 13.2. The Kier molecular flexibility index (Phi) is 4.18. The zero-order chi connectivity index (χ0) is 17.4. The molecule has 1 atom stereocenters.